The van der Waals surface area contributed by atoms with Crippen LogP contribution in [-0.4, -0.2) is 22.8 Å². The summed E-state index contributed by atoms with van der Waals surface area (Å²) in [4.78, 5) is 0. The molecule has 0 aliphatic rings. The van der Waals surface area contributed by atoms with Crippen molar-refractivity contribution in [1.29, 1.82) is 0 Å². The minimum atomic E-state index is -0.659. The second kappa shape index (κ2) is 2.37. The Morgan fingerprint density at radius 2 is 1.50 bits per heavy atom. The van der Waals surface area contributed by atoms with Crippen molar-refractivity contribution >= 4 is 29.2 Å². The van der Waals surface area contributed by atoms with Crippen LogP contribution in [0.4, 0.5) is 0 Å². The molecule has 0 rings (SSSR count). The first-order valence-corrected chi connectivity index (χ1v) is 9.93. The Morgan fingerprint density at radius 1 is 1.33 bits per heavy atom. The molecule has 36 valence electrons. The van der Waals surface area contributed by atoms with Gasteiger partial charge in [0.25, 0.3) is 0 Å². The summed E-state index contributed by atoms with van der Waals surface area (Å²) in [5.74, 6) is 0. The molecule has 0 fully saturated rings. The van der Waals surface area contributed by atoms with Gasteiger partial charge in [0.15, 0.2) is 0 Å². The van der Waals surface area contributed by atoms with E-state index < -0.39 is 7.74 Å². The van der Waals surface area contributed by atoms with Crippen molar-refractivity contribution in [1.82, 2.24) is 0 Å². The SMILES string of the molecule is C[Si](C)(C)[PH+]=[Se]. The normalized spacial score (nSPS) is 12.5. The fraction of sp³-hybridized carbons (Fsp3) is 1.00. The third-order valence-corrected chi connectivity index (χ3v) is 14.3. The number of hydrogen-bond donors (Lipinski definition) is 0. The number of hydrogen-bond acceptors (Lipinski definition) is 0. The van der Waals surface area contributed by atoms with Crippen LogP contribution in [0.5, 0.6) is 0 Å². The van der Waals surface area contributed by atoms with Gasteiger partial charge in [0.05, 0.1) is 0 Å². The third kappa shape index (κ3) is 5.04. The molecule has 6 heavy (non-hydrogen) atoms. The molecule has 0 saturated heterocycles. The van der Waals surface area contributed by atoms with Crippen molar-refractivity contribution in [3.05, 3.63) is 0 Å². The van der Waals surface area contributed by atoms with Gasteiger partial charge in [-0.2, -0.15) is 0 Å². The average molecular weight is 184 g/mol. The van der Waals surface area contributed by atoms with Crippen LogP contribution in [0, 0.1) is 0 Å². The molecule has 0 aromatic rings. The summed E-state index contributed by atoms with van der Waals surface area (Å²) < 4.78 is 0. The summed E-state index contributed by atoms with van der Waals surface area (Å²) in [6, 6.07) is 0. The monoisotopic (exact) mass is 185 g/mol. The van der Waals surface area contributed by atoms with E-state index in [1.807, 2.05) is 0 Å². The molecule has 0 aromatic heterocycles. The Labute approximate surface area is 49.2 Å². The van der Waals surface area contributed by atoms with Crippen molar-refractivity contribution in [3.8, 4) is 0 Å². The van der Waals surface area contributed by atoms with Crippen molar-refractivity contribution in [3.63, 3.8) is 0 Å². The molecule has 0 amide bonds. The summed E-state index contributed by atoms with van der Waals surface area (Å²) in [6.07, 6.45) is 1.08. The average Bonchev–Trinajstić information content (AvgIpc) is 1.35. The molecule has 0 spiro atoms. The molecule has 0 bridgehead atoms. The minimum absolute atomic E-state index is 0.659. The maximum atomic E-state index is 3.07. The zero-order valence-corrected chi connectivity index (χ0v) is 8.12. The molecule has 1 atom stereocenters. The van der Waals surface area contributed by atoms with Gasteiger partial charge in [-0.3, -0.25) is 0 Å². The Kier molecular flexibility index (Phi) is 2.78. The van der Waals surface area contributed by atoms with Gasteiger partial charge in [-0.25, -0.2) is 0 Å². The van der Waals surface area contributed by atoms with Gasteiger partial charge in [-0.15, -0.1) is 0 Å². The van der Waals surface area contributed by atoms with E-state index >= 15 is 0 Å². The molecule has 0 nitrogen and oxygen atoms in total. The fourth-order valence-corrected chi connectivity index (χ4v) is 0. The van der Waals surface area contributed by atoms with Gasteiger partial charge in [-0.1, -0.05) is 0 Å². The molecule has 0 aromatic carbocycles. The summed E-state index contributed by atoms with van der Waals surface area (Å²) in [6.45, 7) is 7.09. The zero-order chi connectivity index (χ0) is 5.21. The van der Waals surface area contributed by atoms with Gasteiger partial charge in [-0.05, 0) is 0 Å². The first-order chi connectivity index (χ1) is 2.56. The van der Waals surface area contributed by atoms with Crippen molar-refractivity contribution in [2.45, 2.75) is 19.6 Å². The van der Waals surface area contributed by atoms with Crippen LogP contribution in [0.1, 0.15) is 0 Å². The van der Waals surface area contributed by atoms with Crippen LogP contribution in [0.2, 0.25) is 19.6 Å². The maximum absolute atomic E-state index is 3.07. The van der Waals surface area contributed by atoms with E-state index in [0.717, 1.165) is 6.37 Å². The van der Waals surface area contributed by atoms with E-state index in [-0.39, 0.29) is 0 Å². The molecule has 0 N–H and O–H groups in total. The molecule has 1 unspecified atom stereocenters. The van der Waals surface area contributed by atoms with Gasteiger partial charge in [0.2, 0.25) is 0 Å². The first kappa shape index (κ1) is 7.04. The molecule has 0 radical (unpaired) electrons. The van der Waals surface area contributed by atoms with Crippen molar-refractivity contribution in [2.24, 2.45) is 0 Å². The number of rotatable bonds is 1. The van der Waals surface area contributed by atoms with E-state index in [1.165, 1.54) is 0 Å². The summed E-state index contributed by atoms with van der Waals surface area (Å²) in [7, 11) is -0.659. The Balaban J connectivity index is 3.45. The van der Waals surface area contributed by atoms with Crippen molar-refractivity contribution < 1.29 is 0 Å². The Bertz CT molecular complexity index is 56.3. The van der Waals surface area contributed by atoms with Crippen LogP contribution in [-0.2, 0) is 0 Å². The second-order valence-electron chi connectivity index (χ2n) is 2.35. The second-order valence-corrected chi connectivity index (χ2v) is 16.0. The molecular weight excluding hydrogens is 174 g/mol. The van der Waals surface area contributed by atoms with E-state index in [4.69, 9.17) is 0 Å². The predicted octanol–water partition coefficient (Wildman–Crippen LogP) is 1.58. The molecule has 0 saturated carbocycles. The molecular formula is C3H10PSeSi+. The Morgan fingerprint density at radius 3 is 1.50 bits per heavy atom. The molecule has 3 heteroatoms. The van der Waals surface area contributed by atoms with Gasteiger partial charge in [0, 0.05) is 0 Å². The van der Waals surface area contributed by atoms with E-state index in [0.29, 0.717) is 0 Å². The summed E-state index contributed by atoms with van der Waals surface area (Å²) in [5.41, 5.74) is 0. The van der Waals surface area contributed by atoms with E-state index in [9.17, 15) is 0 Å². The van der Waals surface area contributed by atoms with Crippen LogP contribution < -0.4 is 0 Å². The third-order valence-electron chi connectivity index (χ3n) is 0.306. The standard InChI is InChI=1S/C3H9PSeSi/c1-6(2,3)4-5/h1-3H3/p+1. The summed E-state index contributed by atoms with van der Waals surface area (Å²) in [5, 5.41) is 0. The molecule has 0 aliphatic carbocycles. The first-order valence-electron chi connectivity index (χ1n) is 1.95. The van der Waals surface area contributed by atoms with Gasteiger partial charge < -0.3 is 0 Å². The molecule has 0 heterocycles. The molecule has 0 aliphatic heterocycles. The predicted molar refractivity (Wildman–Crippen MR) is 37.4 cm³/mol. The van der Waals surface area contributed by atoms with E-state index in [1.54, 1.807) is 0 Å². The van der Waals surface area contributed by atoms with E-state index in [2.05, 4.69) is 34.7 Å². The van der Waals surface area contributed by atoms with Gasteiger partial charge in [0.1, 0.15) is 0 Å². The van der Waals surface area contributed by atoms with Crippen LogP contribution in [0.15, 0.2) is 0 Å². The van der Waals surface area contributed by atoms with Gasteiger partial charge >= 0.3 is 48.9 Å². The summed E-state index contributed by atoms with van der Waals surface area (Å²) >= 11 is 3.07. The van der Waals surface area contributed by atoms with Crippen LogP contribution in [0.25, 0.3) is 0 Å². The van der Waals surface area contributed by atoms with Crippen LogP contribution >= 0.6 is 6.37 Å². The zero-order valence-electron chi connectivity index (χ0n) is 4.41. The fourth-order valence-electron chi connectivity index (χ4n) is 0. The quantitative estimate of drug-likeness (QED) is 0.428. The Hall–Kier alpha value is 1.04. The van der Waals surface area contributed by atoms with Crippen molar-refractivity contribution in [2.75, 3.05) is 0 Å². The van der Waals surface area contributed by atoms with Crippen LogP contribution in [0.3, 0.4) is 0 Å². The topological polar surface area (TPSA) is 0 Å².